The van der Waals surface area contributed by atoms with Crippen LogP contribution in [-0.4, -0.2) is 0 Å². The van der Waals surface area contributed by atoms with Crippen LogP contribution in [0.2, 0.25) is 0 Å². The van der Waals surface area contributed by atoms with E-state index < -0.39 is 0 Å². The molecule has 0 aliphatic heterocycles. The summed E-state index contributed by atoms with van der Waals surface area (Å²) in [4.78, 5) is 0. The molecule has 8 heteroatoms. The zero-order valence-electron chi connectivity index (χ0n) is 81.9. The SMILES string of the molecule is Cc1ccc(C)c2c1sc1ccccc12.Cc1ccc2c(c1)C(C)(C)c1cc(C)ccc1-2.Cc1ccc2c(c1)oc1cc(C)ccc12.Cc1ccc2c(c1)oc1cccc(C)c12.Cc1ccc2c(c1)sc1c(C)cccc12.Cc1ccc2oc3cccc(C)c3c2c1.Cc1ccc2sc3c(C)cccc3c2c1.Cc1cccc2c1sc1cccc(C)c12.Cc1cccc2sc3cccc(C)c3c12. The van der Waals surface area contributed by atoms with Crippen LogP contribution >= 0.6 is 56.7 Å². The van der Waals surface area contributed by atoms with Crippen LogP contribution in [0.25, 0.3) is 178 Å². The Morgan fingerprint density at radius 3 is 1.06 bits per heavy atom. The molecule has 8 heterocycles. The molecule has 1 aliphatic carbocycles. The Morgan fingerprint density at radius 1 is 0.168 bits per heavy atom. The summed E-state index contributed by atoms with van der Waals surface area (Å²) < 4.78 is 31.5. The molecule has 0 N–H and O–H groups in total. The Hall–Kier alpha value is -13.5. The van der Waals surface area contributed by atoms with Gasteiger partial charge in [-0.05, 0) is 310 Å². The molecule has 0 spiro atoms. The average Bonchev–Trinajstić information content (AvgIpc) is 1.57. The molecule has 27 rings (SSSR count). The molecule has 8 aromatic heterocycles. The summed E-state index contributed by atoms with van der Waals surface area (Å²) in [5, 5.41) is 21.5. The predicted molar refractivity (Wildman–Crippen MR) is 607 cm³/mol. The second-order valence-electron chi connectivity index (χ2n) is 38.0. The molecule has 26 aromatic rings. The minimum atomic E-state index is 0.142. The monoisotopic (exact) mass is 1870 g/mol. The molecule has 0 atom stereocenters. The topological polar surface area (TPSA) is 39.4 Å². The van der Waals surface area contributed by atoms with Gasteiger partial charge in [-0.15, -0.1) is 56.7 Å². The molecule has 678 valence electrons. The third-order valence-corrected chi connectivity index (χ3v) is 33.3. The van der Waals surface area contributed by atoms with Gasteiger partial charge in [0.05, 0.1) is 0 Å². The van der Waals surface area contributed by atoms with Crippen molar-refractivity contribution < 1.29 is 13.3 Å². The molecular formula is C129H114O3S5. The smallest absolute Gasteiger partial charge is 0.135 e. The molecule has 137 heavy (non-hydrogen) atoms. The Labute approximate surface area is 823 Å². The van der Waals surface area contributed by atoms with Crippen LogP contribution in [0.1, 0.15) is 125 Å². The third-order valence-electron chi connectivity index (χ3n) is 27.0. The van der Waals surface area contributed by atoms with Gasteiger partial charge in [0.1, 0.15) is 33.5 Å². The molecule has 18 aromatic carbocycles. The van der Waals surface area contributed by atoms with Crippen molar-refractivity contribution >= 4 is 223 Å². The van der Waals surface area contributed by atoms with Gasteiger partial charge in [-0.25, -0.2) is 0 Å². The third kappa shape index (κ3) is 18.4. The standard InChI is InChI=1S/C17H18.3C14H12O.5C14H12S/c1-11-5-7-13-14-8-6-12(2)10-16(14)17(3,4)15(13)9-11;1-9-3-5-11-12-6-4-10(2)8-14(12)15-13(11)7-9;1-9-6-7-12-11(8-9)14-10(2)4-3-5-13(14)15-12;1-9-6-7-11-13(8-9)15-12-5-3-4-10(2)14(11)12;1-9-5-4-8-12-13(9)11-7-3-6-10(2)14(11)15-12;1-9-5-3-7-11-13(9)14-10(2)6-4-8-12(14)15-11;1-9-6-7-11-12-5-3-4-10(2)14(12)15-13(11)8-9;1-9-6-7-13-12(8-9)11-5-3-4-10(2)14(11)15-13;1-9-7-8-10(2)14-13(9)11-5-3-4-6-12(11)15-14/h5-10H,1-4H3;8*3-8H,1-2H3. The fourth-order valence-corrected chi connectivity index (χ4v) is 26.0. The van der Waals surface area contributed by atoms with Crippen molar-refractivity contribution in [3.05, 3.63) is 439 Å². The summed E-state index contributed by atoms with van der Waals surface area (Å²) in [6.07, 6.45) is 0. The van der Waals surface area contributed by atoms with Crippen LogP contribution in [0.5, 0.6) is 0 Å². The van der Waals surface area contributed by atoms with Crippen molar-refractivity contribution in [1.29, 1.82) is 0 Å². The number of hydrogen-bond donors (Lipinski definition) is 0. The Kier molecular flexibility index (Phi) is 26.0. The lowest BCUT2D eigenvalue weighted by molar-refractivity contribution is 0.659. The first kappa shape index (κ1) is 92.5. The number of hydrogen-bond acceptors (Lipinski definition) is 8. The van der Waals surface area contributed by atoms with E-state index in [0.717, 1.165) is 33.5 Å². The number of thiophene rings is 5. The normalized spacial score (nSPS) is 11.9. The van der Waals surface area contributed by atoms with Gasteiger partial charge in [-0.1, -0.05) is 279 Å². The maximum atomic E-state index is 5.81. The number of furan rings is 3. The van der Waals surface area contributed by atoms with Crippen molar-refractivity contribution in [3.8, 4) is 11.1 Å². The maximum absolute atomic E-state index is 5.81. The second kappa shape index (κ2) is 38.6. The highest BCUT2D eigenvalue weighted by atomic mass is 32.1. The first-order chi connectivity index (χ1) is 66.1. The van der Waals surface area contributed by atoms with Crippen molar-refractivity contribution in [3.63, 3.8) is 0 Å². The first-order valence-corrected chi connectivity index (χ1v) is 51.4. The maximum Gasteiger partial charge on any atom is 0.135 e. The summed E-state index contributed by atoms with van der Waals surface area (Å²) in [5.74, 6) is 0. The van der Waals surface area contributed by atoms with E-state index in [2.05, 4.69) is 436 Å². The van der Waals surface area contributed by atoms with E-state index in [-0.39, 0.29) is 5.41 Å². The Morgan fingerprint density at radius 2 is 0.496 bits per heavy atom. The van der Waals surface area contributed by atoms with Gasteiger partial charge < -0.3 is 13.3 Å². The minimum absolute atomic E-state index is 0.142. The van der Waals surface area contributed by atoms with Crippen LogP contribution in [0.15, 0.2) is 341 Å². The predicted octanol–water partition coefficient (Wildman–Crippen LogP) is 40.6. The summed E-state index contributed by atoms with van der Waals surface area (Å²) in [6.45, 7) is 43.4. The van der Waals surface area contributed by atoms with E-state index in [1.165, 1.54) is 256 Å². The summed E-state index contributed by atoms with van der Waals surface area (Å²) in [5.41, 5.74) is 35.8. The molecule has 3 nitrogen and oxygen atoms in total. The van der Waals surface area contributed by atoms with E-state index in [9.17, 15) is 0 Å². The van der Waals surface area contributed by atoms with Gasteiger partial charge in [0.15, 0.2) is 0 Å². The van der Waals surface area contributed by atoms with Crippen LogP contribution in [0.4, 0.5) is 0 Å². The molecule has 0 unspecified atom stereocenters. The average molecular weight is 1870 g/mol. The van der Waals surface area contributed by atoms with Gasteiger partial charge in [0, 0.05) is 139 Å². The van der Waals surface area contributed by atoms with Crippen molar-refractivity contribution in [2.75, 3.05) is 0 Å². The second-order valence-corrected chi connectivity index (χ2v) is 43.3. The van der Waals surface area contributed by atoms with Crippen LogP contribution in [0.3, 0.4) is 0 Å². The zero-order valence-corrected chi connectivity index (χ0v) is 86.0. The first-order valence-electron chi connectivity index (χ1n) is 47.4. The lowest BCUT2D eigenvalue weighted by atomic mass is 9.81. The quantitative estimate of drug-likeness (QED) is 0.152. The van der Waals surface area contributed by atoms with Gasteiger partial charge in [0.2, 0.25) is 0 Å². The molecule has 0 saturated carbocycles. The molecule has 0 radical (unpaired) electrons. The summed E-state index contributed by atoms with van der Waals surface area (Å²) in [7, 11) is 0. The Balaban J connectivity index is 0.0000000987. The van der Waals surface area contributed by atoms with Gasteiger partial charge in [-0.2, -0.15) is 0 Å². The molecule has 0 fully saturated rings. The minimum Gasteiger partial charge on any atom is -0.456 e. The number of rotatable bonds is 0. The Bertz CT molecular complexity index is 8890. The highest BCUT2D eigenvalue weighted by Crippen LogP contribution is 2.50. The van der Waals surface area contributed by atoms with E-state index >= 15 is 0 Å². The van der Waals surface area contributed by atoms with Crippen LogP contribution < -0.4 is 0 Å². The highest BCUT2D eigenvalue weighted by Gasteiger charge is 2.35. The molecule has 0 bridgehead atoms. The van der Waals surface area contributed by atoms with Gasteiger partial charge in [0.25, 0.3) is 0 Å². The molecule has 1 aliphatic rings. The number of benzene rings is 18. The van der Waals surface area contributed by atoms with Gasteiger partial charge >= 0.3 is 0 Å². The summed E-state index contributed by atoms with van der Waals surface area (Å²) >= 11 is 9.49. The van der Waals surface area contributed by atoms with Gasteiger partial charge in [-0.3, -0.25) is 0 Å². The summed E-state index contributed by atoms with van der Waals surface area (Å²) in [6, 6.07) is 117. The lowest BCUT2D eigenvalue weighted by Gasteiger charge is -2.22. The lowest BCUT2D eigenvalue weighted by Crippen LogP contribution is -2.15. The number of aryl methyl sites for hydroxylation is 18. The van der Waals surface area contributed by atoms with E-state index in [4.69, 9.17) is 13.3 Å². The van der Waals surface area contributed by atoms with Crippen molar-refractivity contribution in [1.82, 2.24) is 0 Å². The fourth-order valence-electron chi connectivity index (χ4n) is 19.8. The fraction of sp³-hybridized carbons (Fsp3) is 0.163. The number of fused-ring (bicyclic) bond motifs is 27. The largest absolute Gasteiger partial charge is 0.456 e. The molecular weight excluding hydrogens is 1760 g/mol. The molecule has 0 saturated heterocycles. The highest BCUT2D eigenvalue weighted by molar-refractivity contribution is 7.27. The van der Waals surface area contributed by atoms with E-state index in [0.29, 0.717) is 0 Å². The van der Waals surface area contributed by atoms with E-state index in [1.54, 1.807) is 0 Å². The van der Waals surface area contributed by atoms with Crippen molar-refractivity contribution in [2.45, 2.75) is 144 Å². The zero-order chi connectivity index (χ0) is 95.5. The van der Waals surface area contributed by atoms with E-state index in [1.807, 2.05) is 87.0 Å². The molecule has 0 amide bonds. The van der Waals surface area contributed by atoms with Crippen LogP contribution in [-0.2, 0) is 5.41 Å². The van der Waals surface area contributed by atoms with Crippen LogP contribution in [0, 0.1) is 125 Å². The van der Waals surface area contributed by atoms with Crippen molar-refractivity contribution in [2.24, 2.45) is 0 Å².